The molecule has 1 saturated carbocycles. The number of rotatable bonds is 5. The second-order valence-electron chi connectivity index (χ2n) is 6.35. The fraction of sp³-hybridized carbons (Fsp3) is 0.923. The third-order valence-electron chi connectivity index (χ3n) is 3.66. The molecule has 1 rings (SSSR count). The SMILES string of the molecule is C[C@H]1CC[C@H](CCCC(=O)[Si](C)(C)C)C1. The van der Waals surface area contributed by atoms with Crippen LogP contribution in [-0.2, 0) is 4.79 Å². The van der Waals surface area contributed by atoms with Crippen LogP contribution in [0.15, 0.2) is 0 Å². The molecule has 0 aromatic rings. The summed E-state index contributed by atoms with van der Waals surface area (Å²) >= 11 is 0. The summed E-state index contributed by atoms with van der Waals surface area (Å²) in [6.45, 7) is 8.83. The molecule has 0 spiro atoms. The molecule has 0 unspecified atom stereocenters. The van der Waals surface area contributed by atoms with E-state index in [0.29, 0.717) is 5.41 Å². The molecule has 1 aliphatic rings. The van der Waals surface area contributed by atoms with E-state index < -0.39 is 8.07 Å². The first-order valence-electron chi connectivity index (χ1n) is 6.43. The van der Waals surface area contributed by atoms with E-state index in [-0.39, 0.29) is 0 Å². The predicted molar refractivity (Wildman–Crippen MR) is 68.7 cm³/mol. The van der Waals surface area contributed by atoms with Gasteiger partial charge in [0.15, 0.2) is 0 Å². The zero-order valence-corrected chi connectivity index (χ0v) is 11.8. The molecule has 0 saturated heterocycles. The van der Waals surface area contributed by atoms with E-state index in [1.165, 1.54) is 25.7 Å². The van der Waals surface area contributed by atoms with Crippen LogP contribution in [0.3, 0.4) is 0 Å². The molecule has 0 aromatic heterocycles. The zero-order chi connectivity index (χ0) is 11.5. The quantitative estimate of drug-likeness (QED) is 0.647. The number of carbonyl (C=O) groups excluding carboxylic acids is 1. The zero-order valence-electron chi connectivity index (χ0n) is 10.8. The van der Waals surface area contributed by atoms with Gasteiger partial charge in [0, 0.05) is 6.42 Å². The molecule has 88 valence electrons. The van der Waals surface area contributed by atoms with Gasteiger partial charge in [0.25, 0.3) is 0 Å². The minimum absolute atomic E-state index is 0.563. The first-order valence-corrected chi connectivity index (χ1v) is 9.93. The molecular formula is C13H26OSi. The summed E-state index contributed by atoms with van der Waals surface area (Å²) in [6.07, 6.45) is 7.50. The molecule has 0 aliphatic heterocycles. The van der Waals surface area contributed by atoms with Crippen molar-refractivity contribution in [2.45, 2.75) is 65.1 Å². The molecule has 15 heavy (non-hydrogen) atoms. The van der Waals surface area contributed by atoms with Crippen LogP contribution in [0.1, 0.15) is 45.4 Å². The summed E-state index contributed by atoms with van der Waals surface area (Å²) in [7, 11) is -1.49. The molecule has 0 radical (unpaired) electrons. The van der Waals surface area contributed by atoms with Crippen molar-refractivity contribution >= 4 is 13.5 Å². The number of carbonyl (C=O) groups is 1. The summed E-state index contributed by atoms with van der Waals surface area (Å²) < 4.78 is 0. The molecule has 1 fully saturated rings. The van der Waals surface area contributed by atoms with E-state index in [1.807, 2.05) is 0 Å². The fourth-order valence-corrected chi connectivity index (χ4v) is 3.44. The van der Waals surface area contributed by atoms with E-state index in [4.69, 9.17) is 0 Å². The highest BCUT2D eigenvalue weighted by molar-refractivity contribution is 7.03. The Morgan fingerprint density at radius 2 is 1.93 bits per heavy atom. The smallest absolute Gasteiger partial charge is 0.123 e. The summed E-state index contributed by atoms with van der Waals surface area (Å²) in [5, 5.41) is 0.563. The van der Waals surface area contributed by atoms with E-state index in [0.717, 1.165) is 24.7 Å². The van der Waals surface area contributed by atoms with Crippen LogP contribution in [0.25, 0.3) is 0 Å². The first kappa shape index (κ1) is 13.0. The highest BCUT2D eigenvalue weighted by atomic mass is 28.3. The van der Waals surface area contributed by atoms with Gasteiger partial charge in [-0.05, 0) is 24.7 Å². The maximum absolute atomic E-state index is 11.8. The Labute approximate surface area is 95.7 Å². The molecular weight excluding hydrogens is 200 g/mol. The van der Waals surface area contributed by atoms with Gasteiger partial charge in [-0.15, -0.1) is 0 Å². The maximum Gasteiger partial charge on any atom is 0.123 e. The van der Waals surface area contributed by atoms with E-state index >= 15 is 0 Å². The van der Waals surface area contributed by atoms with Crippen molar-refractivity contribution in [2.75, 3.05) is 0 Å². The average molecular weight is 226 g/mol. The van der Waals surface area contributed by atoms with Crippen molar-refractivity contribution in [1.82, 2.24) is 0 Å². The van der Waals surface area contributed by atoms with Crippen molar-refractivity contribution in [3.05, 3.63) is 0 Å². The van der Waals surface area contributed by atoms with Crippen LogP contribution in [-0.4, -0.2) is 13.5 Å². The van der Waals surface area contributed by atoms with Crippen LogP contribution in [0.4, 0.5) is 0 Å². The molecule has 0 aromatic carbocycles. The molecule has 1 nitrogen and oxygen atoms in total. The predicted octanol–water partition coefficient (Wildman–Crippen LogP) is 4.04. The number of hydrogen-bond acceptors (Lipinski definition) is 1. The molecule has 0 heterocycles. The van der Waals surface area contributed by atoms with Crippen LogP contribution in [0.2, 0.25) is 19.6 Å². The standard InChI is InChI=1S/C13H26OSi/c1-11-8-9-12(10-11)6-5-7-13(14)15(2,3)4/h11-12H,5-10H2,1-4H3/t11-,12-/m0/s1. The maximum atomic E-state index is 11.8. The normalized spacial score (nSPS) is 26.9. The van der Waals surface area contributed by atoms with E-state index in [1.54, 1.807) is 0 Å². The topological polar surface area (TPSA) is 17.1 Å². The monoisotopic (exact) mass is 226 g/mol. The van der Waals surface area contributed by atoms with Gasteiger partial charge in [0.1, 0.15) is 13.5 Å². The van der Waals surface area contributed by atoms with Gasteiger partial charge < -0.3 is 4.79 Å². The van der Waals surface area contributed by atoms with Gasteiger partial charge in [-0.2, -0.15) is 0 Å². The van der Waals surface area contributed by atoms with Crippen LogP contribution in [0.5, 0.6) is 0 Å². The highest BCUT2D eigenvalue weighted by Crippen LogP contribution is 2.33. The fourth-order valence-electron chi connectivity index (χ4n) is 2.51. The van der Waals surface area contributed by atoms with Gasteiger partial charge in [-0.3, -0.25) is 0 Å². The molecule has 0 N–H and O–H groups in total. The second kappa shape index (κ2) is 5.29. The third kappa shape index (κ3) is 4.50. The molecule has 1 aliphatic carbocycles. The summed E-state index contributed by atoms with van der Waals surface area (Å²) in [5.74, 6) is 1.86. The first-order chi connectivity index (χ1) is 6.89. The van der Waals surface area contributed by atoms with Crippen molar-refractivity contribution in [2.24, 2.45) is 11.8 Å². The molecule has 0 amide bonds. The Balaban J connectivity index is 2.14. The van der Waals surface area contributed by atoms with Gasteiger partial charge in [-0.1, -0.05) is 45.8 Å². The Morgan fingerprint density at radius 3 is 2.40 bits per heavy atom. The van der Waals surface area contributed by atoms with E-state index in [9.17, 15) is 4.79 Å². The largest absolute Gasteiger partial charge is 0.305 e. The van der Waals surface area contributed by atoms with Crippen LogP contribution >= 0.6 is 0 Å². The minimum atomic E-state index is -1.49. The van der Waals surface area contributed by atoms with Gasteiger partial charge >= 0.3 is 0 Å². The van der Waals surface area contributed by atoms with E-state index in [2.05, 4.69) is 26.6 Å². The Kier molecular flexibility index (Phi) is 4.57. The van der Waals surface area contributed by atoms with Crippen molar-refractivity contribution < 1.29 is 4.79 Å². The lowest BCUT2D eigenvalue weighted by Gasteiger charge is -2.15. The summed E-state index contributed by atoms with van der Waals surface area (Å²) in [6, 6.07) is 0. The summed E-state index contributed by atoms with van der Waals surface area (Å²) in [5.41, 5.74) is 0. The minimum Gasteiger partial charge on any atom is -0.305 e. The van der Waals surface area contributed by atoms with Gasteiger partial charge in [0.2, 0.25) is 0 Å². The second-order valence-corrected chi connectivity index (χ2v) is 11.4. The Morgan fingerprint density at radius 1 is 1.27 bits per heavy atom. The van der Waals surface area contributed by atoms with Crippen LogP contribution in [0, 0.1) is 11.8 Å². The highest BCUT2D eigenvalue weighted by Gasteiger charge is 2.25. The van der Waals surface area contributed by atoms with Gasteiger partial charge in [-0.25, -0.2) is 0 Å². The van der Waals surface area contributed by atoms with Crippen molar-refractivity contribution in [1.29, 1.82) is 0 Å². The van der Waals surface area contributed by atoms with Gasteiger partial charge in [0.05, 0.1) is 0 Å². The lowest BCUT2D eigenvalue weighted by Crippen LogP contribution is -2.33. The lowest BCUT2D eigenvalue weighted by atomic mass is 9.99. The van der Waals surface area contributed by atoms with Crippen molar-refractivity contribution in [3.63, 3.8) is 0 Å². The average Bonchev–Trinajstić information content (AvgIpc) is 2.49. The molecule has 2 atom stereocenters. The van der Waals surface area contributed by atoms with Crippen molar-refractivity contribution in [3.8, 4) is 0 Å². The van der Waals surface area contributed by atoms with Crippen LogP contribution < -0.4 is 0 Å². The summed E-state index contributed by atoms with van der Waals surface area (Å²) in [4.78, 5) is 11.8. The Bertz CT molecular complexity index is 217. The molecule has 0 bridgehead atoms. The Hall–Kier alpha value is -0.113. The molecule has 2 heteroatoms. The third-order valence-corrected chi connectivity index (χ3v) is 5.58. The number of hydrogen-bond donors (Lipinski definition) is 0. The lowest BCUT2D eigenvalue weighted by molar-refractivity contribution is -0.112.